The maximum atomic E-state index is 12.2. The SMILES string of the molecule is CCCCc1cn(-c2ccc(NC(=O)Nc3cc(O)ccc3C)cc2)nn1. The highest BCUT2D eigenvalue weighted by molar-refractivity contribution is 6.00. The number of phenolic OH excluding ortho intramolecular Hbond substituents is 1. The van der Waals surface area contributed by atoms with E-state index in [0.29, 0.717) is 11.4 Å². The quantitative estimate of drug-likeness (QED) is 0.608. The van der Waals surface area contributed by atoms with Gasteiger partial charge in [0.05, 0.1) is 17.6 Å². The van der Waals surface area contributed by atoms with E-state index in [9.17, 15) is 9.90 Å². The summed E-state index contributed by atoms with van der Waals surface area (Å²) in [5.41, 5.74) is 3.93. The van der Waals surface area contributed by atoms with Crippen molar-refractivity contribution in [3.63, 3.8) is 0 Å². The molecule has 140 valence electrons. The molecule has 1 aromatic heterocycles. The molecule has 0 aliphatic rings. The summed E-state index contributed by atoms with van der Waals surface area (Å²) < 4.78 is 1.73. The third kappa shape index (κ3) is 4.84. The molecule has 27 heavy (non-hydrogen) atoms. The van der Waals surface area contributed by atoms with Crippen LogP contribution in [0.4, 0.5) is 16.2 Å². The third-order valence-electron chi connectivity index (χ3n) is 4.19. The minimum atomic E-state index is -0.376. The van der Waals surface area contributed by atoms with Crippen LogP contribution in [-0.4, -0.2) is 26.1 Å². The van der Waals surface area contributed by atoms with Gasteiger partial charge in [-0.05, 0) is 55.7 Å². The molecular weight excluding hydrogens is 342 g/mol. The first-order valence-corrected chi connectivity index (χ1v) is 8.94. The standard InChI is InChI=1S/C20H23N5O2/c1-3-4-5-16-13-25(24-23-16)17-9-7-15(8-10-17)21-20(27)22-19-12-18(26)11-6-14(19)2/h6-13,26H,3-5H2,1-2H3,(H2,21,22,27). The van der Waals surface area contributed by atoms with Crippen LogP contribution in [0.2, 0.25) is 0 Å². The number of hydrogen-bond donors (Lipinski definition) is 3. The van der Waals surface area contributed by atoms with Gasteiger partial charge in [0.25, 0.3) is 0 Å². The number of phenols is 1. The van der Waals surface area contributed by atoms with Crippen LogP contribution in [0.1, 0.15) is 31.0 Å². The van der Waals surface area contributed by atoms with Crippen molar-refractivity contribution in [2.45, 2.75) is 33.1 Å². The summed E-state index contributed by atoms with van der Waals surface area (Å²) in [5, 5.41) is 23.4. The van der Waals surface area contributed by atoms with Crippen molar-refractivity contribution in [3.8, 4) is 11.4 Å². The molecule has 1 heterocycles. The lowest BCUT2D eigenvalue weighted by atomic mass is 10.2. The molecule has 7 nitrogen and oxygen atoms in total. The normalized spacial score (nSPS) is 10.6. The molecule has 0 atom stereocenters. The summed E-state index contributed by atoms with van der Waals surface area (Å²) in [6.07, 6.45) is 5.06. The highest BCUT2D eigenvalue weighted by Crippen LogP contribution is 2.21. The third-order valence-corrected chi connectivity index (χ3v) is 4.19. The van der Waals surface area contributed by atoms with Crippen LogP contribution in [0.25, 0.3) is 5.69 Å². The Morgan fingerprint density at radius 2 is 1.93 bits per heavy atom. The number of amides is 2. The van der Waals surface area contributed by atoms with Crippen molar-refractivity contribution >= 4 is 17.4 Å². The summed E-state index contributed by atoms with van der Waals surface area (Å²) in [5.74, 6) is 0.103. The predicted molar refractivity (Wildman–Crippen MR) is 105 cm³/mol. The Hall–Kier alpha value is -3.35. The molecule has 3 rings (SSSR count). The summed E-state index contributed by atoms with van der Waals surface area (Å²) in [4.78, 5) is 12.2. The lowest BCUT2D eigenvalue weighted by Gasteiger charge is -2.10. The molecule has 3 N–H and O–H groups in total. The zero-order chi connectivity index (χ0) is 19.2. The summed E-state index contributed by atoms with van der Waals surface area (Å²) in [7, 11) is 0. The minimum absolute atomic E-state index is 0.103. The molecule has 0 radical (unpaired) electrons. The molecule has 0 saturated heterocycles. The molecule has 3 aromatic rings. The largest absolute Gasteiger partial charge is 0.508 e. The van der Waals surface area contributed by atoms with Crippen molar-refractivity contribution in [3.05, 3.63) is 59.9 Å². The van der Waals surface area contributed by atoms with Gasteiger partial charge in [-0.25, -0.2) is 9.48 Å². The van der Waals surface area contributed by atoms with Gasteiger partial charge in [0.15, 0.2) is 0 Å². The number of aryl methyl sites for hydroxylation is 2. The van der Waals surface area contributed by atoms with E-state index in [1.165, 1.54) is 6.07 Å². The maximum absolute atomic E-state index is 12.2. The van der Waals surface area contributed by atoms with Gasteiger partial charge >= 0.3 is 6.03 Å². The lowest BCUT2D eigenvalue weighted by molar-refractivity contribution is 0.262. The Balaban J connectivity index is 1.62. The first-order valence-electron chi connectivity index (χ1n) is 8.94. The first kappa shape index (κ1) is 18.4. The van der Waals surface area contributed by atoms with Crippen LogP contribution in [0, 0.1) is 6.92 Å². The fraction of sp³-hybridized carbons (Fsp3) is 0.250. The number of benzene rings is 2. The summed E-state index contributed by atoms with van der Waals surface area (Å²) in [6, 6.07) is 11.8. The number of hydrogen-bond acceptors (Lipinski definition) is 4. The number of anilines is 2. The van der Waals surface area contributed by atoms with E-state index >= 15 is 0 Å². The van der Waals surface area contributed by atoms with Gasteiger partial charge in [-0.1, -0.05) is 24.6 Å². The Bertz CT molecular complexity index is 918. The van der Waals surface area contributed by atoms with Crippen LogP contribution >= 0.6 is 0 Å². The first-order chi connectivity index (χ1) is 13.0. The molecular formula is C20H23N5O2. The van der Waals surface area contributed by atoms with E-state index in [-0.39, 0.29) is 11.8 Å². The predicted octanol–water partition coefficient (Wildman–Crippen LogP) is 4.27. The highest BCUT2D eigenvalue weighted by Gasteiger charge is 2.07. The van der Waals surface area contributed by atoms with E-state index in [1.807, 2.05) is 25.3 Å². The van der Waals surface area contributed by atoms with E-state index in [1.54, 1.807) is 28.9 Å². The topological polar surface area (TPSA) is 92.1 Å². The number of aromatic hydroxyl groups is 1. The van der Waals surface area contributed by atoms with E-state index in [2.05, 4.69) is 27.9 Å². The molecule has 0 spiro atoms. The molecule has 2 aromatic carbocycles. The van der Waals surface area contributed by atoms with Crippen LogP contribution in [0.15, 0.2) is 48.7 Å². The summed E-state index contributed by atoms with van der Waals surface area (Å²) in [6.45, 7) is 4.00. The van der Waals surface area contributed by atoms with Gasteiger partial charge in [-0.3, -0.25) is 0 Å². The average Bonchev–Trinajstić information content (AvgIpc) is 3.12. The number of nitrogens with zero attached hydrogens (tertiary/aromatic N) is 3. The van der Waals surface area contributed by atoms with Crippen molar-refractivity contribution in [2.24, 2.45) is 0 Å². The summed E-state index contributed by atoms with van der Waals surface area (Å²) >= 11 is 0. The van der Waals surface area contributed by atoms with Crippen molar-refractivity contribution in [1.82, 2.24) is 15.0 Å². The van der Waals surface area contributed by atoms with E-state index in [0.717, 1.165) is 36.2 Å². The van der Waals surface area contributed by atoms with Crippen molar-refractivity contribution in [1.29, 1.82) is 0 Å². The van der Waals surface area contributed by atoms with Crippen LogP contribution in [-0.2, 0) is 6.42 Å². The zero-order valence-corrected chi connectivity index (χ0v) is 15.4. The molecule has 0 saturated carbocycles. The Kier molecular flexibility index (Phi) is 5.71. The second-order valence-corrected chi connectivity index (χ2v) is 6.38. The number of unbranched alkanes of at least 4 members (excludes halogenated alkanes) is 1. The van der Waals surface area contributed by atoms with Gasteiger partial charge in [0, 0.05) is 17.4 Å². The fourth-order valence-corrected chi connectivity index (χ4v) is 2.62. The number of carbonyl (C=O) groups excluding carboxylic acids is 1. The van der Waals surface area contributed by atoms with Crippen molar-refractivity contribution < 1.29 is 9.90 Å². The molecule has 0 fully saturated rings. The molecule has 0 aliphatic heterocycles. The van der Waals surface area contributed by atoms with E-state index in [4.69, 9.17) is 0 Å². The van der Waals surface area contributed by atoms with Crippen LogP contribution in [0.5, 0.6) is 5.75 Å². The molecule has 7 heteroatoms. The van der Waals surface area contributed by atoms with Gasteiger partial charge in [0.1, 0.15) is 5.75 Å². The second kappa shape index (κ2) is 8.35. The molecule has 0 bridgehead atoms. The highest BCUT2D eigenvalue weighted by atomic mass is 16.3. The smallest absolute Gasteiger partial charge is 0.323 e. The lowest BCUT2D eigenvalue weighted by Crippen LogP contribution is -2.19. The Labute approximate surface area is 158 Å². The monoisotopic (exact) mass is 365 g/mol. The minimum Gasteiger partial charge on any atom is -0.508 e. The number of aromatic nitrogens is 3. The van der Waals surface area contributed by atoms with Crippen molar-refractivity contribution in [2.75, 3.05) is 10.6 Å². The van der Waals surface area contributed by atoms with E-state index < -0.39 is 0 Å². The van der Waals surface area contributed by atoms with Gasteiger partial charge in [0.2, 0.25) is 0 Å². The van der Waals surface area contributed by atoms with Crippen LogP contribution < -0.4 is 10.6 Å². The maximum Gasteiger partial charge on any atom is 0.323 e. The van der Waals surface area contributed by atoms with Gasteiger partial charge < -0.3 is 15.7 Å². The molecule has 2 amide bonds. The number of rotatable bonds is 6. The fourth-order valence-electron chi connectivity index (χ4n) is 2.62. The van der Waals surface area contributed by atoms with Gasteiger partial charge in [-0.15, -0.1) is 5.10 Å². The van der Waals surface area contributed by atoms with Gasteiger partial charge in [-0.2, -0.15) is 0 Å². The Morgan fingerprint density at radius 3 is 2.67 bits per heavy atom. The zero-order valence-electron chi connectivity index (χ0n) is 15.4. The average molecular weight is 365 g/mol. The number of carbonyl (C=O) groups is 1. The van der Waals surface area contributed by atoms with Crippen LogP contribution in [0.3, 0.4) is 0 Å². The number of nitrogens with one attached hydrogen (secondary N) is 2. The number of urea groups is 1. The Morgan fingerprint density at radius 1 is 1.15 bits per heavy atom. The molecule has 0 unspecified atom stereocenters. The second-order valence-electron chi connectivity index (χ2n) is 6.38. The molecule has 0 aliphatic carbocycles.